The number of aromatic nitrogens is 1. The van der Waals surface area contributed by atoms with Gasteiger partial charge in [-0.2, -0.15) is 0 Å². The predicted molar refractivity (Wildman–Crippen MR) is 98.5 cm³/mol. The van der Waals surface area contributed by atoms with Crippen molar-refractivity contribution in [3.05, 3.63) is 39.8 Å². The van der Waals surface area contributed by atoms with Gasteiger partial charge in [0.2, 0.25) is 5.78 Å². The molecule has 0 unspecified atom stereocenters. The molecular weight excluding hydrogens is 382 g/mol. The van der Waals surface area contributed by atoms with Crippen molar-refractivity contribution in [3.63, 3.8) is 0 Å². The van der Waals surface area contributed by atoms with Crippen molar-refractivity contribution in [1.29, 1.82) is 0 Å². The number of nitrogen functional groups attached to an aromatic ring is 1. The van der Waals surface area contributed by atoms with E-state index in [9.17, 15) is 9.18 Å². The summed E-state index contributed by atoms with van der Waals surface area (Å²) in [5, 5.41) is 0.149. The summed E-state index contributed by atoms with van der Waals surface area (Å²) in [6.07, 6.45) is 2.24. The topological polar surface area (TPSA) is 74.4 Å². The molecule has 138 valence electrons. The summed E-state index contributed by atoms with van der Waals surface area (Å²) in [6.45, 7) is 0.375. The number of Topliss-reactive ketones (excluding diaryl/α,β-unsaturated/α-hetero) is 1. The number of hydrogen-bond donors (Lipinski definition) is 1. The number of nitrogens with two attached hydrogens (primary N) is 1. The summed E-state index contributed by atoms with van der Waals surface area (Å²) >= 11 is 12.0. The van der Waals surface area contributed by atoms with Crippen LogP contribution in [0.15, 0.2) is 18.2 Å². The van der Waals surface area contributed by atoms with E-state index in [2.05, 4.69) is 4.98 Å². The lowest BCUT2D eigenvalue weighted by molar-refractivity contribution is 0.0735. The quantitative estimate of drug-likeness (QED) is 0.699. The fourth-order valence-electron chi connectivity index (χ4n) is 2.46. The van der Waals surface area contributed by atoms with Crippen LogP contribution >= 0.6 is 23.2 Å². The van der Waals surface area contributed by atoms with Crippen molar-refractivity contribution in [1.82, 2.24) is 4.98 Å². The van der Waals surface area contributed by atoms with Gasteiger partial charge in [-0.15, -0.1) is 0 Å². The summed E-state index contributed by atoms with van der Waals surface area (Å²) in [4.78, 5) is 16.6. The van der Waals surface area contributed by atoms with E-state index in [4.69, 9.17) is 38.4 Å². The van der Waals surface area contributed by atoms with Crippen LogP contribution in [0.1, 0.15) is 23.3 Å². The summed E-state index contributed by atoms with van der Waals surface area (Å²) in [7, 11) is 1.31. The Morgan fingerprint density at radius 2 is 2.12 bits per heavy atom. The fraction of sp³-hybridized carbons (Fsp3) is 0.333. The molecule has 5 nitrogen and oxygen atoms in total. The maximum absolute atomic E-state index is 14.7. The molecule has 8 heteroatoms. The number of nitrogens with zero attached hydrogens (tertiary/aromatic N) is 1. The Hall–Kier alpha value is -1.89. The highest BCUT2D eigenvalue weighted by Crippen LogP contribution is 2.36. The van der Waals surface area contributed by atoms with E-state index in [0.717, 1.165) is 12.8 Å². The molecular formula is C18H17Cl2FN2O3. The van der Waals surface area contributed by atoms with Crippen LogP contribution in [0.3, 0.4) is 0 Å². The number of benzene rings is 1. The minimum Gasteiger partial charge on any atom is -0.492 e. The van der Waals surface area contributed by atoms with Crippen LogP contribution in [0.25, 0.3) is 11.3 Å². The first-order chi connectivity index (χ1) is 12.4. The number of pyridine rings is 1. The first-order valence-electron chi connectivity index (χ1n) is 8.01. The first kappa shape index (κ1) is 18.9. The SMILES string of the molecule is COc1c(Cl)ccc(-c2cc(N)c(Cl)c(C(=O)COCC3CC3)n2)c1F. The largest absolute Gasteiger partial charge is 0.492 e. The number of carbonyl (C=O) groups is 1. The molecule has 26 heavy (non-hydrogen) atoms. The Balaban J connectivity index is 1.93. The highest BCUT2D eigenvalue weighted by molar-refractivity contribution is 6.36. The third-order valence-electron chi connectivity index (χ3n) is 4.06. The Morgan fingerprint density at radius 3 is 2.77 bits per heavy atom. The molecule has 1 heterocycles. The molecule has 2 aromatic rings. The average Bonchev–Trinajstić information content (AvgIpc) is 3.42. The van der Waals surface area contributed by atoms with Crippen LogP contribution < -0.4 is 10.5 Å². The van der Waals surface area contributed by atoms with Crippen molar-refractivity contribution in [3.8, 4) is 17.0 Å². The molecule has 0 atom stereocenters. The molecule has 0 bridgehead atoms. The number of anilines is 1. The zero-order chi connectivity index (χ0) is 18.8. The summed E-state index contributed by atoms with van der Waals surface area (Å²) in [5.41, 5.74) is 6.22. The Labute approximate surface area is 160 Å². The Morgan fingerprint density at radius 1 is 1.38 bits per heavy atom. The van der Waals surface area contributed by atoms with E-state index in [1.807, 2.05) is 0 Å². The van der Waals surface area contributed by atoms with Crippen molar-refractivity contribution >= 4 is 34.7 Å². The van der Waals surface area contributed by atoms with Crippen molar-refractivity contribution in [2.45, 2.75) is 12.8 Å². The lowest BCUT2D eigenvalue weighted by Crippen LogP contribution is -2.14. The number of hydrogen-bond acceptors (Lipinski definition) is 5. The molecule has 1 aromatic carbocycles. The van der Waals surface area contributed by atoms with Gasteiger partial charge in [-0.3, -0.25) is 4.79 Å². The summed E-state index contributed by atoms with van der Waals surface area (Å²) < 4.78 is 25.0. The van der Waals surface area contributed by atoms with Gasteiger partial charge in [-0.1, -0.05) is 23.2 Å². The van der Waals surface area contributed by atoms with E-state index in [0.29, 0.717) is 12.5 Å². The van der Waals surface area contributed by atoms with Crippen molar-refractivity contribution in [2.75, 3.05) is 26.1 Å². The van der Waals surface area contributed by atoms with Crippen LogP contribution in [-0.2, 0) is 4.74 Å². The smallest absolute Gasteiger partial charge is 0.208 e. The fourth-order valence-corrected chi connectivity index (χ4v) is 2.89. The number of ketones is 1. The summed E-state index contributed by atoms with van der Waals surface area (Å²) in [6, 6.07) is 4.31. The van der Waals surface area contributed by atoms with Crippen LogP contribution in [0.4, 0.5) is 10.1 Å². The van der Waals surface area contributed by atoms with E-state index >= 15 is 0 Å². The van der Waals surface area contributed by atoms with E-state index < -0.39 is 11.6 Å². The molecule has 0 amide bonds. The Bertz CT molecular complexity index is 857. The molecule has 0 spiro atoms. The van der Waals surface area contributed by atoms with Gasteiger partial charge >= 0.3 is 0 Å². The molecule has 3 rings (SSSR count). The van der Waals surface area contributed by atoms with Gasteiger partial charge in [0.1, 0.15) is 12.3 Å². The molecule has 1 fully saturated rings. The van der Waals surface area contributed by atoms with Crippen LogP contribution in [0.5, 0.6) is 5.75 Å². The van der Waals surface area contributed by atoms with Gasteiger partial charge in [0, 0.05) is 5.56 Å². The van der Waals surface area contributed by atoms with Gasteiger partial charge < -0.3 is 15.2 Å². The maximum atomic E-state index is 14.7. The van der Waals surface area contributed by atoms with Gasteiger partial charge in [-0.05, 0) is 37.0 Å². The van der Waals surface area contributed by atoms with E-state index in [1.54, 1.807) is 0 Å². The second kappa shape index (κ2) is 7.78. The summed E-state index contributed by atoms with van der Waals surface area (Å²) in [5.74, 6) is -0.693. The third kappa shape index (κ3) is 3.92. The molecule has 1 aromatic heterocycles. The van der Waals surface area contributed by atoms with Crippen molar-refractivity contribution in [2.24, 2.45) is 5.92 Å². The third-order valence-corrected chi connectivity index (χ3v) is 4.76. The number of rotatable bonds is 7. The molecule has 2 N–H and O–H groups in total. The van der Waals surface area contributed by atoms with Crippen LogP contribution in [0, 0.1) is 11.7 Å². The zero-order valence-electron chi connectivity index (χ0n) is 14.0. The number of halogens is 3. The lowest BCUT2D eigenvalue weighted by Gasteiger charge is -2.12. The van der Waals surface area contributed by atoms with E-state index in [1.165, 1.54) is 25.3 Å². The van der Waals surface area contributed by atoms with Crippen LogP contribution in [0.2, 0.25) is 10.0 Å². The number of methoxy groups -OCH3 is 1. The Kier molecular flexibility index (Phi) is 5.65. The predicted octanol–water partition coefficient (Wildman–Crippen LogP) is 4.39. The lowest BCUT2D eigenvalue weighted by atomic mass is 10.1. The minimum absolute atomic E-state index is 0.0232. The zero-order valence-corrected chi connectivity index (χ0v) is 15.5. The standard InChI is InChI=1S/C18H17Cl2FN2O3/c1-25-18-11(19)5-4-10(16(18)21)13-6-12(22)15(20)17(23-13)14(24)8-26-7-9-2-3-9/h4-6,9H,2-3,7-8H2,1H3,(H2,22,23). The highest BCUT2D eigenvalue weighted by atomic mass is 35.5. The maximum Gasteiger partial charge on any atom is 0.208 e. The minimum atomic E-state index is -0.697. The second-order valence-corrected chi connectivity index (χ2v) is 6.87. The van der Waals surface area contributed by atoms with Crippen LogP contribution in [-0.4, -0.2) is 31.1 Å². The number of carbonyl (C=O) groups excluding carboxylic acids is 1. The first-order valence-corrected chi connectivity index (χ1v) is 8.77. The van der Waals surface area contributed by atoms with Gasteiger partial charge in [0.25, 0.3) is 0 Å². The molecule has 1 aliphatic rings. The van der Waals surface area contributed by atoms with Gasteiger partial charge in [0.15, 0.2) is 11.6 Å². The normalized spacial score (nSPS) is 13.7. The molecule has 1 aliphatic carbocycles. The molecule has 0 radical (unpaired) electrons. The molecule has 0 saturated heterocycles. The van der Waals surface area contributed by atoms with Gasteiger partial charge in [-0.25, -0.2) is 9.37 Å². The second-order valence-electron chi connectivity index (χ2n) is 6.08. The molecule has 1 saturated carbocycles. The highest BCUT2D eigenvalue weighted by Gasteiger charge is 2.24. The molecule has 0 aliphatic heterocycles. The number of ether oxygens (including phenoxy) is 2. The van der Waals surface area contributed by atoms with E-state index in [-0.39, 0.29) is 45.0 Å². The monoisotopic (exact) mass is 398 g/mol. The van der Waals surface area contributed by atoms with Gasteiger partial charge in [0.05, 0.1) is 35.1 Å². The average molecular weight is 399 g/mol. The van der Waals surface area contributed by atoms with Crippen molar-refractivity contribution < 1.29 is 18.7 Å².